The first-order valence-corrected chi connectivity index (χ1v) is 13.4. The minimum absolute atomic E-state index is 0.342. The number of nitrogens with zero attached hydrogens (tertiary/aromatic N) is 5. The van der Waals surface area contributed by atoms with Crippen molar-refractivity contribution in [2.75, 3.05) is 26.2 Å². The van der Waals surface area contributed by atoms with Gasteiger partial charge in [0.05, 0.1) is 40.2 Å². The second-order valence-electron chi connectivity index (χ2n) is 9.89. The number of nitrogens with one attached hydrogen (secondary N) is 1. The Hall–Kier alpha value is -4.43. The quantitative estimate of drug-likeness (QED) is 0.276. The number of rotatable bonds is 7. The molecule has 0 aliphatic carbocycles. The number of hydrogen-bond acceptors (Lipinski definition) is 7. The van der Waals surface area contributed by atoms with E-state index in [1.807, 2.05) is 43.3 Å². The first kappa shape index (κ1) is 24.9. The number of fused-ring (bicyclic) bond motifs is 1. The molecule has 1 fully saturated rings. The van der Waals surface area contributed by atoms with E-state index in [1.54, 1.807) is 24.8 Å². The van der Waals surface area contributed by atoms with E-state index in [0.717, 1.165) is 70.1 Å². The minimum atomic E-state index is -0.342. The normalized spacial score (nSPS) is 14.0. The fourth-order valence-corrected chi connectivity index (χ4v) is 5.03. The van der Waals surface area contributed by atoms with Crippen LogP contribution in [0.2, 0.25) is 0 Å². The minimum Gasteiger partial charge on any atom is -0.461 e. The molecule has 0 spiro atoms. The lowest BCUT2D eigenvalue weighted by molar-refractivity contribution is 0.0451. The predicted octanol–water partition coefficient (Wildman–Crippen LogP) is 5.70. The van der Waals surface area contributed by atoms with Crippen LogP contribution in [0, 0.1) is 6.92 Å². The smallest absolute Gasteiger partial charge is 0.339 e. The van der Waals surface area contributed by atoms with Crippen LogP contribution in [-0.4, -0.2) is 62.0 Å². The summed E-state index contributed by atoms with van der Waals surface area (Å²) >= 11 is 0. The molecular formula is C31H30N6O2. The number of pyridine rings is 3. The summed E-state index contributed by atoms with van der Waals surface area (Å²) in [4.78, 5) is 36.5. The number of likely N-dealkylation sites (tertiary alicyclic amines) is 1. The molecule has 196 valence electrons. The molecule has 1 saturated heterocycles. The number of H-pyrrole nitrogens is 1. The van der Waals surface area contributed by atoms with Crippen LogP contribution in [0.1, 0.15) is 35.3 Å². The van der Waals surface area contributed by atoms with E-state index in [1.165, 1.54) is 19.3 Å². The Morgan fingerprint density at radius 3 is 2.62 bits per heavy atom. The largest absolute Gasteiger partial charge is 0.461 e. The molecule has 0 amide bonds. The molecule has 1 N–H and O–H groups in total. The summed E-state index contributed by atoms with van der Waals surface area (Å²) in [6.45, 7) is 5.32. The lowest BCUT2D eigenvalue weighted by Gasteiger charge is -2.25. The van der Waals surface area contributed by atoms with Crippen molar-refractivity contribution in [3.05, 3.63) is 84.6 Å². The Morgan fingerprint density at radius 2 is 1.79 bits per heavy atom. The van der Waals surface area contributed by atoms with Crippen LogP contribution >= 0.6 is 0 Å². The SMILES string of the molecule is Cc1cccc(-c2[nH]cnc2-c2ccc3ncc(-c4ccc(C(=O)OCCN5CCCCC5)cn4)cc3c2)n1. The third kappa shape index (κ3) is 5.56. The van der Waals surface area contributed by atoms with Gasteiger partial charge in [-0.2, -0.15) is 0 Å². The van der Waals surface area contributed by atoms with Crippen LogP contribution < -0.4 is 0 Å². The molecule has 1 aromatic carbocycles. The molecule has 0 unspecified atom stereocenters. The van der Waals surface area contributed by atoms with Crippen molar-refractivity contribution in [3.8, 4) is 33.9 Å². The average Bonchev–Trinajstić information content (AvgIpc) is 3.47. The molecule has 0 saturated carbocycles. The van der Waals surface area contributed by atoms with Gasteiger partial charge in [-0.15, -0.1) is 0 Å². The number of imidazole rings is 1. The van der Waals surface area contributed by atoms with Crippen molar-refractivity contribution in [2.24, 2.45) is 0 Å². The number of ether oxygens (including phenoxy) is 1. The van der Waals surface area contributed by atoms with Crippen molar-refractivity contribution >= 4 is 16.9 Å². The topological polar surface area (TPSA) is 96.9 Å². The van der Waals surface area contributed by atoms with Gasteiger partial charge in [0.25, 0.3) is 0 Å². The van der Waals surface area contributed by atoms with Crippen LogP contribution in [-0.2, 0) is 4.74 Å². The number of aromatic amines is 1. The third-order valence-corrected chi connectivity index (χ3v) is 7.12. The van der Waals surface area contributed by atoms with E-state index in [9.17, 15) is 4.79 Å². The summed E-state index contributed by atoms with van der Waals surface area (Å²) < 4.78 is 5.48. The first-order chi connectivity index (χ1) is 19.1. The van der Waals surface area contributed by atoms with Crippen molar-refractivity contribution in [1.29, 1.82) is 0 Å². The maximum atomic E-state index is 12.5. The summed E-state index contributed by atoms with van der Waals surface area (Å²) in [6, 6.07) is 17.7. The molecule has 1 aliphatic heterocycles. The lowest BCUT2D eigenvalue weighted by Crippen LogP contribution is -2.33. The highest BCUT2D eigenvalue weighted by atomic mass is 16.5. The van der Waals surface area contributed by atoms with Crippen LogP contribution in [0.5, 0.6) is 0 Å². The molecule has 0 bridgehead atoms. The highest BCUT2D eigenvalue weighted by Gasteiger charge is 2.15. The van der Waals surface area contributed by atoms with E-state index < -0.39 is 0 Å². The Labute approximate surface area is 227 Å². The number of esters is 1. The predicted molar refractivity (Wildman–Crippen MR) is 151 cm³/mol. The number of piperidine rings is 1. The Morgan fingerprint density at radius 1 is 0.923 bits per heavy atom. The van der Waals surface area contributed by atoms with Crippen LogP contribution in [0.4, 0.5) is 0 Å². The van der Waals surface area contributed by atoms with Crippen LogP contribution in [0.25, 0.3) is 44.8 Å². The second-order valence-corrected chi connectivity index (χ2v) is 9.89. The van der Waals surface area contributed by atoms with E-state index in [0.29, 0.717) is 12.2 Å². The second kappa shape index (κ2) is 11.1. The lowest BCUT2D eigenvalue weighted by atomic mass is 10.0. The van der Waals surface area contributed by atoms with Gasteiger partial charge >= 0.3 is 5.97 Å². The van der Waals surface area contributed by atoms with Crippen LogP contribution in [0.3, 0.4) is 0 Å². The van der Waals surface area contributed by atoms with Crippen molar-refractivity contribution in [1.82, 2.24) is 29.8 Å². The molecule has 5 heterocycles. The maximum Gasteiger partial charge on any atom is 0.339 e. The molecule has 8 nitrogen and oxygen atoms in total. The van der Waals surface area contributed by atoms with Gasteiger partial charge in [-0.05, 0) is 75.3 Å². The molecule has 4 aromatic heterocycles. The first-order valence-electron chi connectivity index (χ1n) is 13.4. The van der Waals surface area contributed by atoms with Gasteiger partial charge in [0.1, 0.15) is 6.61 Å². The van der Waals surface area contributed by atoms with Crippen molar-refractivity contribution in [2.45, 2.75) is 26.2 Å². The maximum absolute atomic E-state index is 12.5. The Kier molecular flexibility index (Phi) is 7.10. The molecule has 6 rings (SSSR count). The van der Waals surface area contributed by atoms with Crippen molar-refractivity contribution < 1.29 is 9.53 Å². The van der Waals surface area contributed by atoms with Gasteiger partial charge in [0.2, 0.25) is 0 Å². The van der Waals surface area contributed by atoms with Gasteiger partial charge in [-0.3, -0.25) is 19.9 Å². The van der Waals surface area contributed by atoms with Gasteiger partial charge in [0.15, 0.2) is 0 Å². The summed E-state index contributed by atoms with van der Waals surface area (Å²) in [6.07, 6.45) is 8.80. The fraction of sp³-hybridized carbons (Fsp3) is 0.258. The number of carbonyl (C=O) groups excluding carboxylic acids is 1. The third-order valence-electron chi connectivity index (χ3n) is 7.12. The zero-order chi connectivity index (χ0) is 26.6. The molecule has 0 radical (unpaired) electrons. The average molecular weight is 519 g/mol. The van der Waals surface area contributed by atoms with Gasteiger partial charge in [-0.25, -0.2) is 9.78 Å². The standard InChI is InChI=1S/C31H30N6O2/c1-21-6-5-7-28(36-21)30-29(34-20-35-30)22-8-10-26-24(16-22)17-25(19-33-26)27-11-9-23(18-32-27)31(38)39-15-14-37-12-3-2-4-13-37/h5-11,16-20H,2-4,12-15H2,1H3,(H,34,35). The zero-order valence-electron chi connectivity index (χ0n) is 21.9. The molecule has 5 aromatic rings. The molecule has 0 atom stereocenters. The summed E-state index contributed by atoms with van der Waals surface area (Å²) in [5.41, 5.74) is 7.41. The number of hydrogen-bond donors (Lipinski definition) is 1. The Balaban J connectivity index is 1.19. The van der Waals surface area contributed by atoms with E-state index >= 15 is 0 Å². The summed E-state index contributed by atoms with van der Waals surface area (Å²) in [5, 5.41) is 0.971. The zero-order valence-corrected chi connectivity index (χ0v) is 21.9. The van der Waals surface area contributed by atoms with E-state index in [2.05, 4.69) is 42.0 Å². The van der Waals surface area contributed by atoms with Gasteiger partial charge in [-0.1, -0.05) is 18.6 Å². The number of carbonyl (C=O) groups is 1. The molecule has 39 heavy (non-hydrogen) atoms. The monoisotopic (exact) mass is 518 g/mol. The highest BCUT2D eigenvalue weighted by molar-refractivity contribution is 5.91. The molecule has 8 heteroatoms. The van der Waals surface area contributed by atoms with E-state index in [4.69, 9.17) is 4.74 Å². The number of benzene rings is 1. The summed E-state index contributed by atoms with van der Waals surface area (Å²) in [7, 11) is 0. The Bertz CT molecular complexity index is 1610. The van der Waals surface area contributed by atoms with Crippen LogP contribution in [0.15, 0.2) is 73.3 Å². The van der Waals surface area contributed by atoms with E-state index in [-0.39, 0.29) is 5.97 Å². The van der Waals surface area contributed by atoms with Gasteiger partial charge < -0.3 is 9.72 Å². The molecule has 1 aliphatic rings. The number of aryl methyl sites for hydroxylation is 1. The van der Waals surface area contributed by atoms with Crippen molar-refractivity contribution in [3.63, 3.8) is 0 Å². The molecular weight excluding hydrogens is 488 g/mol. The fourth-order valence-electron chi connectivity index (χ4n) is 5.03. The number of aromatic nitrogens is 5. The van der Waals surface area contributed by atoms with Gasteiger partial charge in [0, 0.05) is 41.1 Å². The highest BCUT2D eigenvalue weighted by Crippen LogP contribution is 2.31. The summed E-state index contributed by atoms with van der Waals surface area (Å²) in [5.74, 6) is -0.342.